The molecule has 19 heavy (non-hydrogen) atoms. The monoisotopic (exact) mass is 266 g/mol. The Morgan fingerprint density at radius 2 is 1.84 bits per heavy atom. The van der Waals surface area contributed by atoms with Gasteiger partial charge in [-0.15, -0.1) is 0 Å². The first kappa shape index (κ1) is 15.3. The Bertz CT molecular complexity index is 365. The Labute approximate surface area is 114 Å². The number of carbonyl (C=O) groups is 1. The van der Waals surface area contributed by atoms with Gasteiger partial charge in [-0.05, 0) is 37.6 Å². The van der Waals surface area contributed by atoms with E-state index in [-0.39, 0.29) is 5.91 Å². The molecule has 1 rings (SSSR count). The van der Waals surface area contributed by atoms with Gasteiger partial charge < -0.3 is 20.5 Å². The van der Waals surface area contributed by atoms with Crippen LogP contribution in [0.2, 0.25) is 0 Å². The van der Waals surface area contributed by atoms with E-state index in [4.69, 9.17) is 15.2 Å². The SMILES string of the molecule is CCOc1ccc(OCCCC(=O)NCCN)cc1. The summed E-state index contributed by atoms with van der Waals surface area (Å²) in [5.41, 5.74) is 5.29. The van der Waals surface area contributed by atoms with Crippen LogP contribution in [0, 0.1) is 0 Å². The van der Waals surface area contributed by atoms with Crippen LogP contribution in [0.15, 0.2) is 24.3 Å². The van der Waals surface area contributed by atoms with E-state index in [1.165, 1.54) is 0 Å². The lowest BCUT2D eigenvalue weighted by Gasteiger charge is -2.08. The van der Waals surface area contributed by atoms with E-state index >= 15 is 0 Å². The normalized spacial score (nSPS) is 10.0. The molecule has 3 N–H and O–H groups in total. The molecule has 0 aromatic heterocycles. The van der Waals surface area contributed by atoms with Crippen molar-refractivity contribution in [1.29, 1.82) is 0 Å². The van der Waals surface area contributed by atoms with Crippen molar-refractivity contribution in [3.63, 3.8) is 0 Å². The lowest BCUT2D eigenvalue weighted by molar-refractivity contribution is -0.121. The molecule has 0 bridgehead atoms. The zero-order valence-electron chi connectivity index (χ0n) is 11.4. The Kier molecular flexibility index (Phi) is 7.43. The maximum atomic E-state index is 11.3. The average Bonchev–Trinajstić information content (AvgIpc) is 2.43. The first-order chi connectivity index (χ1) is 9.26. The van der Waals surface area contributed by atoms with Crippen LogP contribution in [0.4, 0.5) is 0 Å². The highest BCUT2D eigenvalue weighted by Gasteiger charge is 2.00. The summed E-state index contributed by atoms with van der Waals surface area (Å²) in [7, 11) is 0. The molecule has 0 saturated carbocycles. The lowest BCUT2D eigenvalue weighted by Crippen LogP contribution is -2.29. The number of hydrogen-bond donors (Lipinski definition) is 2. The van der Waals surface area contributed by atoms with Crippen molar-refractivity contribution in [3.05, 3.63) is 24.3 Å². The molecule has 5 heteroatoms. The molecule has 0 radical (unpaired) electrons. The molecule has 106 valence electrons. The molecule has 0 heterocycles. The average molecular weight is 266 g/mol. The van der Waals surface area contributed by atoms with E-state index in [0.29, 0.717) is 39.1 Å². The first-order valence-corrected chi connectivity index (χ1v) is 6.58. The smallest absolute Gasteiger partial charge is 0.220 e. The van der Waals surface area contributed by atoms with Crippen LogP contribution < -0.4 is 20.5 Å². The number of nitrogens with one attached hydrogen (secondary N) is 1. The van der Waals surface area contributed by atoms with E-state index in [1.54, 1.807) is 0 Å². The van der Waals surface area contributed by atoms with E-state index in [9.17, 15) is 4.79 Å². The number of carbonyl (C=O) groups excluding carboxylic acids is 1. The molecule has 0 aliphatic heterocycles. The first-order valence-electron chi connectivity index (χ1n) is 6.58. The highest BCUT2D eigenvalue weighted by Crippen LogP contribution is 2.17. The Morgan fingerprint density at radius 1 is 1.21 bits per heavy atom. The minimum absolute atomic E-state index is 0.0146. The molecule has 0 saturated heterocycles. The van der Waals surface area contributed by atoms with Gasteiger partial charge in [0.15, 0.2) is 0 Å². The van der Waals surface area contributed by atoms with Gasteiger partial charge in [-0.1, -0.05) is 0 Å². The Morgan fingerprint density at radius 3 is 2.42 bits per heavy atom. The van der Waals surface area contributed by atoms with Crippen molar-refractivity contribution in [2.24, 2.45) is 5.73 Å². The van der Waals surface area contributed by atoms with Gasteiger partial charge >= 0.3 is 0 Å². The third kappa shape index (κ3) is 6.67. The molecular weight excluding hydrogens is 244 g/mol. The largest absolute Gasteiger partial charge is 0.494 e. The highest BCUT2D eigenvalue weighted by molar-refractivity contribution is 5.75. The molecule has 0 unspecified atom stereocenters. The minimum Gasteiger partial charge on any atom is -0.494 e. The van der Waals surface area contributed by atoms with E-state index in [1.807, 2.05) is 31.2 Å². The summed E-state index contributed by atoms with van der Waals surface area (Å²) in [5.74, 6) is 1.63. The van der Waals surface area contributed by atoms with Crippen LogP contribution in [-0.4, -0.2) is 32.2 Å². The van der Waals surface area contributed by atoms with E-state index in [2.05, 4.69) is 5.32 Å². The van der Waals surface area contributed by atoms with Gasteiger partial charge in [0.25, 0.3) is 0 Å². The van der Waals surface area contributed by atoms with Crippen molar-refractivity contribution in [2.45, 2.75) is 19.8 Å². The molecule has 0 aliphatic carbocycles. The minimum atomic E-state index is 0.0146. The summed E-state index contributed by atoms with van der Waals surface area (Å²) in [6, 6.07) is 7.46. The molecule has 1 amide bonds. The van der Waals surface area contributed by atoms with Gasteiger partial charge in [0.05, 0.1) is 13.2 Å². The van der Waals surface area contributed by atoms with Crippen LogP contribution in [-0.2, 0) is 4.79 Å². The number of amides is 1. The summed E-state index contributed by atoms with van der Waals surface area (Å²) in [4.78, 5) is 11.3. The van der Waals surface area contributed by atoms with Crippen LogP contribution in [0.3, 0.4) is 0 Å². The van der Waals surface area contributed by atoms with Crippen molar-refractivity contribution in [3.8, 4) is 11.5 Å². The number of rotatable bonds is 9. The molecule has 0 aliphatic rings. The number of nitrogens with two attached hydrogens (primary N) is 1. The van der Waals surface area contributed by atoms with Gasteiger partial charge in [0, 0.05) is 19.5 Å². The number of hydrogen-bond acceptors (Lipinski definition) is 4. The van der Waals surface area contributed by atoms with Crippen molar-refractivity contribution < 1.29 is 14.3 Å². The zero-order chi connectivity index (χ0) is 13.9. The van der Waals surface area contributed by atoms with Gasteiger partial charge in [-0.3, -0.25) is 4.79 Å². The standard InChI is InChI=1S/C14H22N2O3/c1-2-18-12-5-7-13(8-6-12)19-11-3-4-14(17)16-10-9-15/h5-8H,2-4,9-11,15H2,1H3,(H,16,17). The van der Waals surface area contributed by atoms with E-state index in [0.717, 1.165) is 11.5 Å². The second-order valence-corrected chi connectivity index (χ2v) is 4.00. The summed E-state index contributed by atoms with van der Waals surface area (Å²) in [5, 5.41) is 2.72. The molecule has 0 spiro atoms. The van der Waals surface area contributed by atoms with Crippen LogP contribution >= 0.6 is 0 Å². The lowest BCUT2D eigenvalue weighted by atomic mass is 10.3. The second-order valence-electron chi connectivity index (χ2n) is 4.00. The summed E-state index contributed by atoms with van der Waals surface area (Å²) < 4.78 is 10.9. The Hall–Kier alpha value is -1.75. The topological polar surface area (TPSA) is 73.6 Å². The predicted molar refractivity (Wildman–Crippen MR) is 74.4 cm³/mol. The maximum absolute atomic E-state index is 11.3. The molecule has 0 fully saturated rings. The second kappa shape index (κ2) is 9.22. The van der Waals surface area contributed by atoms with Gasteiger partial charge in [0.2, 0.25) is 5.91 Å². The molecule has 5 nitrogen and oxygen atoms in total. The summed E-state index contributed by atoms with van der Waals surface area (Å²) >= 11 is 0. The fourth-order valence-electron chi connectivity index (χ4n) is 1.52. The highest BCUT2D eigenvalue weighted by atomic mass is 16.5. The zero-order valence-corrected chi connectivity index (χ0v) is 11.4. The fourth-order valence-corrected chi connectivity index (χ4v) is 1.52. The quantitative estimate of drug-likeness (QED) is 0.661. The van der Waals surface area contributed by atoms with Crippen LogP contribution in [0.5, 0.6) is 11.5 Å². The summed E-state index contributed by atoms with van der Waals surface area (Å²) in [6.07, 6.45) is 1.14. The van der Waals surface area contributed by atoms with Gasteiger partial charge in [-0.25, -0.2) is 0 Å². The molecule has 0 atom stereocenters. The van der Waals surface area contributed by atoms with Gasteiger partial charge in [0.1, 0.15) is 11.5 Å². The molecule has 1 aromatic rings. The van der Waals surface area contributed by atoms with E-state index < -0.39 is 0 Å². The fraction of sp³-hybridized carbons (Fsp3) is 0.500. The molecule has 1 aromatic carbocycles. The summed E-state index contributed by atoms with van der Waals surface area (Å²) in [6.45, 7) is 4.11. The number of benzene rings is 1. The predicted octanol–water partition coefficient (Wildman–Crippen LogP) is 1.32. The third-order valence-corrected chi connectivity index (χ3v) is 2.42. The maximum Gasteiger partial charge on any atom is 0.220 e. The Balaban J connectivity index is 2.16. The van der Waals surface area contributed by atoms with Crippen LogP contribution in [0.25, 0.3) is 0 Å². The third-order valence-electron chi connectivity index (χ3n) is 2.42. The van der Waals surface area contributed by atoms with Crippen molar-refractivity contribution >= 4 is 5.91 Å². The van der Waals surface area contributed by atoms with Crippen LogP contribution in [0.1, 0.15) is 19.8 Å². The van der Waals surface area contributed by atoms with Crippen molar-refractivity contribution in [2.75, 3.05) is 26.3 Å². The van der Waals surface area contributed by atoms with Crippen molar-refractivity contribution in [1.82, 2.24) is 5.32 Å². The number of ether oxygens (including phenoxy) is 2. The molecular formula is C14H22N2O3. The van der Waals surface area contributed by atoms with Gasteiger partial charge in [-0.2, -0.15) is 0 Å².